The average Bonchev–Trinajstić information content (AvgIpc) is 3.19. The largest absolute Gasteiger partial charge is 0.383 e. The van der Waals surface area contributed by atoms with Gasteiger partial charge in [-0.15, -0.1) is 0 Å². The van der Waals surface area contributed by atoms with Crippen LogP contribution in [0.25, 0.3) is 0 Å². The molecule has 1 aliphatic rings. The first-order valence-corrected chi connectivity index (χ1v) is 9.64. The molecule has 9 heteroatoms. The van der Waals surface area contributed by atoms with Gasteiger partial charge in [0.15, 0.2) is 5.16 Å². The van der Waals surface area contributed by atoms with E-state index in [-0.39, 0.29) is 17.3 Å². The molecule has 1 aromatic heterocycles. The van der Waals surface area contributed by atoms with Crippen molar-refractivity contribution >= 4 is 29.0 Å². The fourth-order valence-corrected chi connectivity index (χ4v) is 4.14. The number of anilines is 1. The van der Waals surface area contributed by atoms with E-state index in [1.165, 1.54) is 17.8 Å². The van der Waals surface area contributed by atoms with E-state index in [1.54, 1.807) is 24.1 Å². The molecule has 1 amide bonds. The molecule has 144 valence electrons. The lowest BCUT2D eigenvalue weighted by Crippen LogP contribution is -2.30. The number of fused-ring (bicyclic) bond motifs is 1. The lowest BCUT2D eigenvalue weighted by Gasteiger charge is -2.17. The number of imidazole rings is 1. The summed E-state index contributed by atoms with van der Waals surface area (Å²) in [7, 11) is 1.66. The lowest BCUT2D eigenvalue weighted by atomic mass is 10.1. The first-order chi connectivity index (χ1) is 12.9. The van der Waals surface area contributed by atoms with E-state index in [0.29, 0.717) is 26.1 Å². The van der Waals surface area contributed by atoms with Gasteiger partial charge in [-0.05, 0) is 31.9 Å². The molecule has 0 atom stereocenters. The Bertz CT molecular complexity index is 880. The Morgan fingerprint density at radius 1 is 1.41 bits per heavy atom. The molecule has 0 spiro atoms. The van der Waals surface area contributed by atoms with Crippen LogP contribution in [0.4, 0.5) is 11.4 Å². The van der Waals surface area contributed by atoms with Crippen LogP contribution in [0.2, 0.25) is 0 Å². The molecule has 0 N–H and O–H groups in total. The van der Waals surface area contributed by atoms with E-state index < -0.39 is 4.92 Å². The first-order valence-electron chi connectivity index (χ1n) is 8.65. The Morgan fingerprint density at radius 3 is 2.89 bits per heavy atom. The van der Waals surface area contributed by atoms with Gasteiger partial charge < -0.3 is 14.2 Å². The first kappa shape index (κ1) is 19.4. The number of carbonyl (C=O) groups is 1. The number of nitro benzene ring substituents is 1. The number of hydrogen-bond donors (Lipinski definition) is 0. The third kappa shape index (κ3) is 3.98. The van der Waals surface area contributed by atoms with Crippen LogP contribution >= 0.6 is 11.8 Å². The minimum atomic E-state index is -0.412. The molecule has 2 heterocycles. The summed E-state index contributed by atoms with van der Waals surface area (Å²) < 4.78 is 7.22. The highest BCUT2D eigenvalue weighted by Crippen LogP contribution is 2.32. The molecule has 2 aromatic rings. The number of methoxy groups -OCH3 is 1. The normalized spacial score (nSPS) is 13.1. The van der Waals surface area contributed by atoms with Crippen molar-refractivity contribution < 1.29 is 14.5 Å². The molecule has 0 radical (unpaired) electrons. The third-order valence-electron chi connectivity index (χ3n) is 4.74. The van der Waals surface area contributed by atoms with Crippen molar-refractivity contribution in [2.24, 2.45) is 0 Å². The summed E-state index contributed by atoms with van der Waals surface area (Å²) in [4.78, 5) is 29.5. The van der Waals surface area contributed by atoms with Crippen molar-refractivity contribution in [3.05, 3.63) is 45.3 Å². The highest BCUT2D eigenvalue weighted by Gasteiger charge is 2.26. The number of hydrogen-bond acceptors (Lipinski definition) is 6. The van der Waals surface area contributed by atoms with E-state index in [9.17, 15) is 14.9 Å². The molecule has 0 aliphatic carbocycles. The zero-order valence-electron chi connectivity index (χ0n) is 15.6. The maximum Gasteiger partial charge on any atom is 0.269 e. The molecule has 8 nitrogen and oxygen atoms in total. The topological polar surface area (TPSA) is 90.5 Å². The molecular formula is C18H22N4O4S. The quantitative estimate of drug-likeness (QED) is 0.410. The molecule has 0 fully saturated rings. The zero-order valence-corrected chi connectivity index (χ0v) is 16.4. The van der Waals surface area contributed by atoms with Gasteiger partial charge in [-0.25, -0.2) is 4.98 Å². The molecule has 0 saturated heterocycles. The number of thioether (sulfide) groups is 1. The Kier molecular flexibility index (Phi) is 5.81. The summed E-state index contributed by atoms with van der Waals surface area (Å²) in [6.45, 7) is 5.78. The summed E-state index contributed by atoms with van der Waals surface area (Å²) in [6, 6.07) is 4.67. The summed E-state index contributed by atoms with van der Waals surface area (Å²) in [5.74, 6) is 0.239. The summed E-state index contributed by atoms with van der Waals surface area (Å²) in [5.41, 5.74) is 3.68. The second kappa shape index (κ2) is 8.10. The molecule has 1 aliphatic heterocycles. The van der Waals surface area contributed by atoms with E-state index in [1.807, 2.05) is 13.8 Å². The van der Waals surface area contributed by atoms with Gasteiger partial charge in [0, 0.05) is 43.7 Å². The number of rotatable bonds is 7. The van der Waals surface area contributed by atoms with Gasteiger partial charge in [-0.2, -0.15) is 0 Å². The number of aromatic nitrogens is 2. The van der Waals surface area contributed by atoms with Crippen LogP contribution in [0.3, 0.4) is 0 Å². The maximum absolute atomic E-state index is 12.7. The second-order valence-electron chi connectivity index (χ2n) is 6.36. The molecule has 0 saturated carbocycles. The van der Waals surface area contributed by atoms with Gasteiger partial charge in [-0.3, -0.25) is 14.9 Å². The number of non-ortho nitro benzene ring substituents is 1. The monoisotopic (exact) mass is 390 g/mol. The highest BCUT2D eigenvalue weighted by atomic mass is 32.2. The minimum Gasteiger partial charge on any atom is -0.383 e. The summed E-state index contributed by atoms with van der Waals surface area (Å²) in [5, 5.41) is 11.7. The maximum atomic E-state index is 12.7. The zero-order chi connectivity index (χ0) is 19.6. The van der Waals surface area contributed by atoms with Crippen molar-refractivity contribution in [2.45, 2.75) is 32.0 Å². The third-order valence-corrected chi connectivity index (χ3v) is 5.70. The predicted molar refractivity (Wildman–Crippen MR) is 103 cm³/mol. The molecule has 3 rings (SSSR count). The van der Waals surface area contributed by atoms with E-state index in [2.05, 4.69) is 9.55 Å². The Labute approximate surface area is 161 Å². The van der Waals surface area contributed by atoms with Crippen LogP contribution in [-0.4, -0.2) is 46.4 Å². The van der Waals surface area contributed by atoms with Crippen molar-refractivity contribution in [1.29, 1.82) is 0 Å². The number of nitrogens with zero attached hydrogens (tertiary/aromatic N) is 4. The Balaban J connectivity index is 1.70. The van der Waals surface area contributed by atoms with E-state index in [0.717, 1.165) is 27.8 Å². The predicted octanol–water partition coefficient (Wildman–Crippen LogP) is 2.74. The molecule has 27 heavy (non-hydrogen) atoms. The van der Waals surface area contributed by atoms with Gasteiger partial charge in [0.1, 0.15) is 0 Å². The SMILES string of the molecule is COCCn1c(SCC(=O)N2CCc3cc([N+](=O)[O-])ccc32)nc(C)c1C. The second-order valence-corrected chi connectivity index (χ2v) is 7.31. The van der Waals surface area contributed by atoms with Gasteiger partial charge in [0.25, 0.3) is 5.69 Å². The number of carbonyl (C=O) groups excluding carboxylic acids is 1. The Morgan fingerprint density at radius 2 is 2.19 bits per heavy atom. The Hall–Kier alpha value is -2.39. The van der Waals surface area contributed by atoms with Crippen LogP contribution in [0.15, 0.2) is 23.4 Å². The molecule has 1 aromatic carbocycles. The van der Waals surface area contributed by atoms with Crippen LogP contribution < -0.4 is 4.90 Å². The van der Waals surface area contributed by atoms with Crippen molar-refractivity contribution in [2.75, 3.05) is 30.9 Å². The summed E-state index contributed by atoms with van der Waals surface area (Å²) >= 11 is 1.41. The van der Waals surface area contributed by atoms with Gasteiger partial charge in [-0.1, -0.05) is 11.8 Å². The number of aryl methyl sites for hydroxylation is 1. The number of benzene rings is 1. The van der Waals surface area contributed by atoms with Gasteiger partial charge in [0.05, 0.1) is 23.0 Å². The number of nitro groups is 1. The highest BCUT2D eigenvalue weighted by molar-refractivity contribution is 7.99. The van der Waals surface area contributed by atoms with Crippen molar-refractivity contribution in [1.82, 2.24) is 9.55 Å². The van der Waals surface area contributed by atoms with Crippen molar-refractivity contribution in [3.8, 4) is 0 Å². The summed E-state index contributed by atoms with van der Waals surface area (Å²) in [6.07, 6.45) is 0.633. The van der Waals surface area contributed by atoms with E-state index in [4.69, 9.17) is 4.74 Å². The number of ether oxygens (including phenoxy) is 1. The van der Waals surface area contributed by atoms with Crippen LogP contribution in [0.1, 0.15) is 17.0 Å². The molecule has 0 bridgehead atoms. The standard InChI is InChI=1S/C18H22N4O4S/c1-12-13(2)20(8-9-26-3)18(19-12)27-11-17(23)21-7-6-14-10-15(22(24)25)4-5-16(14)21/h4-5,10H,6-9,11H2,1-3H3. The fourth-order valence-electron chi connectivity index (χ4n) is 3.14. The van der Waals surface area contributed by atoms with Crippen LogP contribution in [-0.2, 0) is 22.5 Å². The van der Waals surface area contributed by atoms with Crippen molar-refractivity contribution in [3.63, 3.8) is 0 Å². The fraction of sp³-hybridized carbons (Fsp3) is 0.444. The molecule has 0 unspecified atom stereocenters. The van der Waals surface area contributed by atoms with E-state index >= 15 is 0 Å². The lowest BCUT2D eigenvalue weighted by molar-refractivity contribution is -0.384. The van der Waals surface area contributed by atoms with Crippen LogP contribution in [0.5, 0.6) is 0 Å². The molecular weight excluding hydrogens is 368 g/mol. The average molecular weight is 390 g/mol. The minimum absolute atomic E-state index is 0.0239. The van der Waals surface area contributed by atoms with Crippen LogP contribution in [0, 0.1) is 24.0 Å². The van der Waals surface area contributed by atoms with Gasteiger partial charge >= 0.3 is 0 Å². The smallest absolute Gasteiger partial charge is 0.269 e. The number of amides is 1. The van der Waals surface area contributed by atoms with Gasteiger partial charge in [0.2, 0.25) is 5.91 Å².